The zero-order valence-electron chi connectivity index (χ0n) is 17.3. The lowest BCUT2D eigenvalue weighted by molar-refractivity contribution is -0.137. The summed E-state index contributed by atoms with van der Waals surface area (Å²) in [7, 11) is 0. The minimum atomic E-state index is -4.38. The zero-order chi connectivity index (χ0) is 23.1. The Kier molecular flexibility index (Phi) is 7.36. The summed E-state index contributed by atoms with van der Waals surface area (Å²) in [5, 5.41) is 14.2. The van der Waals surface area contributed by atoms with Crippen molar-refractivity contribution in [2.24, 2.45) is 0 Å². The maximum atomic E-state index is 12.8. The van der Waals surface area contributed by atoms with Crippen LogP contribution in [0.4, 0.5) is 18.0 Å². The Balaban J connectivity index is 1.40. The molecule has 1 fully saturated rings. The lowest BCUT2D eigenvalue weighted by atomic mass is 10.1. The van der Waals surface area contributed by atoms with Crippen LogP contribution in [0.5, 0.6) is 0 Å². The number of urea groups is 1. The summed E-state index contributed by atoms with van der Waals surface area (Å²) in [6.45, 7) is 1.19. The monoisotopic (exact) mass is 444 g/mol. The lowest BCUT2D eigenvalue weighted by Gasteiger charge is -2.17. The van der Waals surface area contributed by atoms with Crippen LogP contribution in [0.3, 0.4) is 0 Å². The van der Waals surface area contributed by atoms with Crippen molar-refractivity contribution in [3.63, 3.8) is 0 Å². The van der Waals surface area contributed by atoms with Gasteiger partial charge in [0, 0.05) is 19.6 Å². The molecule has 0 aromatic heterocycles. The fraction of sp³-hybridized carbons (Fsp3) is 0.348. The van der Waals surface area contributed by atoms with Gasteiger partial charge in [-0.25, -0.2) is 4.79 Å². The highest BCUT2D eigenvalue weighted by molar-refractivity contribution is 5.88. The average molecular weight is 444 g/mol. The fourth-order valence-corrected chi connectivity index (χ4v) is 3.54. The van der Waals surface area contributed by atoms with E-state index in [1.807, 2.05) is 6.07 Å². The van der Waals surface area contributed by atoms with E-state index in [2.05, 4.69) is 10.6 Å². The van der Waals surface area contributed by atoms with E-state index >= 15 is 0 Å². The molecular weight excluding hydrogens is 421 g/mol. The van der Waals surface area contributed by atoms with Crippen molar-refractivity contribution < 1.29 is 22.8 Å². The minimum absolute atomic E-state index is 0.173. The maximum absolute atomic E-state index is 12.8. The largest absolute Gasteiger partial charge is 0.416 e. The molecule has 0 radical (unpaired) electrons. The van der Waals surface area contributed by atoms with Crippen LogP contribution in [0.1, 0.15) is 35.1 Å². The Morgan fingerprint density at radius 2 is 1.91 bits per heavy atom. The van der Waals surface area contributed by atoms with Gasteiger partial charge < -0.3 is 15.5 Å². The normalized spacial score (nSPS) is 16.0. The molecule has 168 valence electrons. The van der Waals surface area contributed by atoms with Gasteiger partial charge in [-0.3, -0.25) is 4.79 Å². The first-order chi connectivity index (χ1) is 15.3. The number of hydrogen-bond donors (Lipinski definition) is 2. The predicted molar refractivity (Wildman–Crippen MR) is 111 cm³/mol. The van der Waals surface area contributed by atoms with Crippen molar-refractivity contribution in [3.05, 3.63) is 70.8 Å². The molecule has 2 aromatic rings. The first-order valence-corrected chi connectivity index (χ1v) is 10.2. The van der Waals surface area contributed by atoms with Crippen molar-refractivity contribution in [1.29, 1.82) is 5.26 Å². The number of hydrogen-bond acceptors (Lipinski definition) is 3. The van der Waals surface area contributed by atoms with Crippen LogP contribution in [0.25, 0.3) is 0 Å². The third-order valence-electron chi connectivity index (χ3n) is 5.24. The van der Waals surface area contributed by atoms with E-state index in [-0.39, 0.29) is 12.5 Å². The van der Waals surface area contributed by atoms with Gasteiger partial charge in [0.25, 0.3) is 0 Å². The molecule has 9 heteroatoms. The second-order valence-corrected chi connectivity index (χ2v) is 7.61. The van der Waals surface area contributed by atoms with Gasteiger partial charge in [0.1, 0.15) is 6.04 Å². The van der Waals surface area contributed by atoms with E-state index in [4.69, 9.17) is 5.26 Å². The SMILES string of the molecule is N#Cc1ccc(CN2CCC(NC(=O)NCCCc3cccc(C(F)(F)F)c3)C2=O)cc1. The first kappa shape index (κ1) is 23.1. The molecule has 2 N–H and O–H groups in total. The number of nitrogens with zero attached hydrogens (tertiary/aromatic N) is 2. The minimum Gasteiger partial charge on any atom is -0.338 e. The topological polar surface area (TPSA) is 85.2 Å². The number of halogens is 3. The van der Waals surface area contributed by atoms with Crippen LogP contribution in [-0.4, -0.2) is 36.0 Å². The van der Waals surface area contributed by atoms with Crippen LogP contribution in [-0.2, 0) is 23.9 Å². The first-order valence-electron chi connectivity index (χ1n) is 10.2. The molecule has 1 aliphatic heterocycles. The number of benzene rings is 2. The van der Waals surface area contributed by atoms with Crippen molar-refractivity contribution in [2.45, 2.75) is 38.0 Å². The number of nitriles is 1. The quantitative estimate of drug-likeness (QED) is 0.640. The smallest absolute Gasteiger partial charge is 0.338 e. The highest BCUT2D eigenvalue weighted by Gasteiger charge is 2.32. The highest BCUT2D eigenvalue weighted by Crippen LogP contribution is 2.29. The summed E-state index contributed by atoms with van der Waals surface area (Å²) in [6, 6.07) is 13.1. The Morgan fingerprint density at radius 3 is 2.59 bits per heavy atom. The van der Waals surface area contributed by atoms with Crippen molar-refractivity contribution in [2.75, 3.05) is 13.1 Å². The highest BCUT2D eigenvalue weighted by atomic mass is 19.4. The van der Waals surface area contributed by atoms with E-state index in [0.717, 1.165) is 17.7 Å². The molecule has 1 heterocycles. The summed E-state index contributed by atoms with van der Waals surface area (Å²) in [5.74, 6) is -0.173. The number of carbonyl (C=O) groups excluding carboxylic acids is 2. The molecule has 1 atom stereocenters. The summed E-state index contributed by atoms with van der Waals surface area (Å²) >= 11 is 0. The van der Waals surface area contributed by atoms with Gasteiger partial charge in [0.15, 0.2) is 0 Å². The molecule has 3 rings (SSSR count). The predicted octanol–water partition coefficient (Wildman–Crippen LogP) is 3.61. The molecule has 6 nitrogen and oxygen atoms in total. The number of amides is 3. The summed E-state index contributed by atoms with van der Waals surface area (Å²) in [4.78, 5) is 26.3. The number of nitrogens with one attached hydrogen (secondary N) is 2. The van der Waals surface area contributed by atoms with Gasteiger partial charge in [-0.2, -0.15) is 18.4 Å². The van der Waals surface area contributed by atoms with Crippen molar-refractivity contribution in [1.82, 2.24) is 15.5 Å². The Labute approximate surface area is 184 Å². The third-order valence-corrected chi connectivity index (χ3v) is 5.24. The molecule has 32 heavy (non-hydrogen) atoms. The van der Waals surface area contributed by atoms with Gasteiger partial charge in [-0.05, 0) is 48.6 Å². The lowest BCUT2D eigenvalue weighted by Crippen LogP contribution is -2.46. The molecule has 0 spiro atoms. The molecule has 2 aromatic carbocycles. The molecule has 3 amide bonds. The Morgan fingerprint density at radius 1 is 1.16 bits per heavy atom. The van der Waals surface area contributed by atoms with E-state index in [0.29, 0.717) is 43.5 Å². The molecule has 1 aliphatic rings. The molecule has 0 bridgehead atoms. The number of alkyl halides is 3. The Bertz CT molecular complexity index is 1000. The van der Waals surface area contributed by atoms with Gasteiger partial charge in [0.05, 0.1) is 17.2 Å². The summed E-state index contributed by atoms with van der Waals surface area (Å²) in [6.07, 6.45) is -3.02. The van der Waals surface area contributed by atoms with E-state index in [9.17, 15) is 22.8 Å². The second kappa shape index (κ2) is 10.2. The molecule has 1 saturated heterocycles. The van der Waals surface area contributed by atoms with Crippen LogP contribution in [0, 0.1) is 11.3 Å². The molecular formula is C23H23F3N4O2. The zero-order valence-corrected chi connectivity index (χ0v) is 17.3. The van der Waals surface area contributed by atoms with Gasteiger partial charge in [0.2, 0.25) is 5.91 Å². The molecule has 0 aliphatic carbocycles. The standard InChI is InChI=1S/C23H23F3N4O2/c24-23(25,26)19-5-1-3-16(13-19)4-2-11-28-22(32)29-20-10-12-30(21(20)31)15-18-8-6-17(14-27)7-9-18/h1,3,5-9,13,20H,2,4,10-12,15H2,(H2,28,29,32). The number of aryl methyl sites for hydroxylation is 1. The number of carbonyl (C=O) groups is 2. The van der Waals surface area contributed by atoms with Gasteiger partial charge in [-0.1, -0.05) is 30.3 Å². The van der Waals surface area contributed by atoms with Crippen LogP contribution < -0.4 is 10.6 Å². The van der Waals surface area contributed by atoms with Gasteiger partial charge in [-0.15, -0.1) is 0 Å². The van der Waals surface area contributed by atoms with Crippen LogP contribution in [0.15, 0.2) is 48.5 Å². The fourth-order valence-electron chi connectivity index (χ4n) is 3.54. The summed E-state index contributed by atoms with van der Waals surface area (Å²) < 4.78 is 38.3. The second-order valence-electron chi connectivity index (χ2n) is 7.61. The third kappa shape index (κ3) is 6.23. The van der Waals surface area contributed by atoms with E-state index in [1.54, 1.807) is 35.2 Å². The Hall–Kier alpha value is -3.54. The van der Waals surface area contributed by atoms with Crippen molar-refractivity contribution >= 4 is 11.9 Å². The van der Waals surface area contributed by atoms with Gasteiger partial charge >= 0.3 is 12.2 Å². The van der Waals surface area contributed by atoms with Crippen molar-refractivity contribution in [3.8, 4) is 6.07 Å². The maximum Gasteiger partial charge on any atom is 0.416 e. The number of likely N-dealkylation sites (tertiary alicyclic amines) is 1. The van der Waals surface area contributed by atoms with Crippen LogP contribution >= 0.6 is 0 Å². The average Bonchev–Trinajstić information content (AvgIpc) is 3.10. The number of rotatable bonds is 7. The van der Waals surface area contributed by atoms with E-state index in [1.165, 1.54) is 6.07 Å². The summed E-state index contributed by atoms with van der Waals surface area (Å²) in [5.41, 5.74) is 1.31. The van der Waals surface area contributed by atoms with Crippen LogP contribution in [0.2, 0.25) is 0 Å². The molecule has 0 saturated carbocycles. The van der Waals surface area contributed by atoms with E-state index < -0.39 is 23.8 Å². The molecule has 1 unspecified atom stereocenters.